The van der Waals surface area contributed by atoms with Crippen LogP contribution in [0.25, 0.3) is 0 Å². The van der Waals surface area contributed by atoms with Crippen LogP contribution in [0.2, 0.25) is 0 Å². The summed E-state index contributed by atoms with van der Waals surface area (Å²) in [5, 5.41) is 2.73. The molecule has 142 valence electrons. The van der Waals surface area contributed by atoms with Crippen LogP contribution in [-0.4, -0.2) is 24.7 Å². The Morgan fingerprint density at radius 3 is 2.07 bits per heavy atom. The predicted octanol–water partition coefficient (Wildman–Crippen LogP) is 4.03. The van der Waals surface area contributed by atoms with E-state index >= 15 is 0 Å². The molecule has 0 aliphatic carbocycles. The number of amides is 1. The van der Waals surface area contributed by atoms with Crippen molar-refractivity contribution < 1.29 is 19.1 Å². The van der Waals surface area contributed by atoms with Crippen LogP contribution in [0.15, 0.2) is 72.8 Å². The van der Waals surface area contributed by atoms with E-state index in [1.54, 1.807) is 6.92 Å². The van der Waals surface area contributed by atoms with Crippen molar-refractivity contribution in [3.05, 3.63) is 83.9 Å². The van der Waals surface area contributed by atoms with Gasteiger partial charge in [0.25, 0.3) is 0 Å². The van der Waals surface area contributed by atoms with Crippen molar-refractivity contribution in [1.82, 2.24) is 5.32 Å². The minimum Gasteiger partial charge on any atom is -0.467 e. The number of ether oxygens (including phenoxy) is 2. The summed E-state index contributed by atoms with van der Waals surface area (Å²) < 4.78 is 10.3. The van der Waals surface area contributed by atoms with Gasteiger partial charge in [-0.25, -0.2) is 9.59 Å². The molecule has 1 N–H and O–H groups in total. The van der Waals surface area contributed by atoms with E-state index in [2.05, 4.69) is 11.9 Å². The van der Waals surface area contributed by atoms with Crippen LogP contribution in [0.5, 0.6) is 0 Å². The minimum atomic E-state index is -1.28. The number of hydrogen-bond donors (Lipinski definition) is 1. The van der Waals surface area contributed by atoms with Gasteiger partial charge in [0.15, 0.2) is 0 Å². The Hall–Kier alpha value is -3.08. The molecular weight excluding hydrogens is 342 g/mol. The van der Waals surface area contributed by atoms with Crippen LogP contribution >= 0.6 is 0 Å². The molecule has 27 heavy (non-hydrogen) atoms. The van der Waals surface area contributed by atoms with Gasteiger partial charge in [-0.15, -0.1) is 6.58 Å². The van der Waals surface area contributed by atoms with Gasteiger partial charge in [0.05, 0.1) is 7.11 Å². The smallest absolute Gasteiger partial charge is 0.408 e. The molecule has 2 rings (SSSR count). The Labute approximate surface area is 160 Å². The normalized spacial score (nSPS) is 12.5. The molecule has 1 atom stereocenters. The minimum absolute atomic E-state index is 0.113. The monoisotopic (exact) mass is 367 g/mol. The van der Waals surface area contributed by atoms with Crippen molar-refractivity contribution >= 4 is 12.1 Å². The van der Waals surface area contributed by atoms with E-state index in [1.807, 2.05) is 60.7 Å². The van der Waals surface area contributed by atoms with Gasteiger partial charge in [-0.1, -0.05) is 66.2 Å². The molecule has 1 unspecified atom stereocenters. The molecule has 5 nitrogen and oxygen atoms in total. The number of carbonyl (C=O) groups is 2. The molecule has 0 bridgehead atoms. The molecule has 0 aliphatic heterocycles. The summed E-state index contributed by atoms with van der Waals surface area (Å²) in [6.07, 6.45) is -0.163. The highest BCUT2D eigenvalue weighted by atomic mass is 16.6. The maximum absolute atomic E-state index is 12.6. The number of nitrogens with one attached hydrogen (secondary N) is 1. The number of rotatable bonds is 8. The van der Waals surface area contributed by atoms with E-state index in [4.69, 9.17) is 9.47 Å². The number of methoxy groups -OCH3 is 1. The molecule has 2 aromatic rings. The molecule has 0 radical (unpaired) electrons. The molecule has 0 heterocycles. The Kier molecular flexibility index (Phi) is 7.17. The van der Waals surface area contributed by atoms with Crippen LogP contribution in [-0.2, 0) is 27.3 Å². The van der Waals surface area contributed by atoms with E-state index < -0.39 is 17.6 Å². The Morgan fingerprint density at radius 1 is 1.00 bits per heavy atom. The lowest BCUT2D eigenvalue weighted by atomic mass is 9.85. The molecule has 1 amide bonds. The SMILES string of the molecule is C=C(C)CC(Cc1ccccc1)(NC(=O)OCc1ccccc1)C(=O)OC. The quantitative estimate of drug-likeness (QED) is 0.565. The van der Waals surface area contributed by atoms with Gasteiger partial charge >= 0.3 is 12.1 Å². The van der Waals surface area contributed by atoms with Gasteiger partial charge in [-0.3, -0.25) is 0 Å². The summed E-state index contributed by atoms with van der Waals surface area (Å²) in [5.74, 6) is -0.536. The third-order valence-corrected chi connectivity index (χ3v) is 4.08. The fourth-order valence-electron chi connectivity index (χ4n) is 2.96. The Balaban J connectivity index is 2.20. The number of alkyl carbamates (subject to hydrolysis) is 1. The van der Waals surface area contributed by atoms with Crippen molar-refractivity contribution in [2.45, 2.75) is 31.9 Å². The topological polar surface area (TPSA) is 64.6 Å². The van der Waals surface area contributed by atoms with E-state index in [0.29, 0.717) is 0 Å². The lowest BCUT2D eigenvalue weighted by molar-refractivity contribution is -0.148. The van der Waals surface area contributed by atoms with Crippen molar-refractivity contribution in [2.75, 3.05) is 7.11 Å². The summed E-state index contributed by atoms with van der Waals surface area (Å²) in [6.45, 7) is 5.82. The maximum Gasteiger partial charge on any atom is 0.408 e. The van der Waals surface area contributed by atoms with Gasteiger partial charge in [0, 0.05) is 12.8 Å². The van der Waals surface area contributed by atoms with Crippen molar-refractivity contribution in [2.24, 2.45) is 0 Å². The first-order valence-corrected chi connectivity index (χ1v) is 8.71. The zero-order chi connectivity index (χ0) is 19.7. The highest BCUT2D eigenvalue weighted by Gasteiger charge is 2.41. The summed E-state index contributed by atoms with van der Waals surface area (Å²) >= 11 is 0. The number of hydrogen-bond acceptors (Lipinski definition) is 4. The second kappa shape index (κ2) is 9.57. The predicted molar refractivity (Wildman–Crippen MR) is 104 cm³/mol. The van der Waals surface area contributed by atoms with Crippen LogP contribution in [0.1, 0.15) is 24.5 Å². The molecule has 0 fully saturated rings. The molecule has 0 saturated heterocycles. The first kappa shape index (κ1) is 20.2. The third kappa shape index (κ3) is 5.99. The largest absolute Gasteiger partial charge is 0.467 e. The first-order chi connectivity index (χ1) is 12.9. The van der Waals surface area contributed by atoms with Gasteiger partial charge in [-0.2, -0.15) is 0 Å². The number of carbonyl (C=O) groups excluding carboxylic acids is 2. The second-order valence-corrected chi connectivity index (χ2v) is 6.56. The molecule has 2 aromatic carbocycles. The molecule has 0 saturated carbocycles. The molecule has 0 spiro atoms. The average Bonchev–Trinajstić information content (AvgIpc) is 2.66. The maximum atomic E-state index is 12.6. The standard InChI is InChI=1S/C22H25NO4/c1-17(2)14-22(20(24)26-3,15-18-10-6-4-7-11-18)23-21(25)27-16-19-12-8-5-9-13-19/h4-13H,1,14-16H2,2-3H3,(H,23,25). The van der Waals surface area contributed by atoms with Gasteiger partial charge in [0.2, 0.25) is 0 Å². The Morgan fingerprint density at radius 2 is 1.56 bits per heavy atom. The van der Waals surface area contributed by atoms with Crippen LogP contribution in [0, 0.1) is 0 Å². The molecule has 0 aliphatic rings. The average molecular weight is 367 g/mol. The summed E-state index contributed by atoms with van der Waals surface area (Å²) in [5.41, 5.74) is 1.22. The lowest BCUT2D eigenvalue weighted by Gasteiger charge is -2.32. The number of benzene rings is 2. The van der Waals surface area contributed by atoms with E-state index in [1.165, 1.54) is 7.11 Å². The zero-order valence-corrected chi connectivity index (χ0v) is 15.7. The van der Waals surface area contributed by atoms with Crippen LogP contribution in [0.3, 0.4) is 0 Å². The van der Waals surface area contributed by atoms with Crippen molar-refractivity contribution in [3.63, 3.8) is 0 Å². The summed E-state index contributed by atoms with van der Waals surface area (Å²) in [7, 11) is 1.30. The highest BCUT2D eigenvalue weighted by Crippen LogP contribution is 2.24. The fraction of sp³-hybridized carbons (Fsp3) is 0.273. The van der Waals surface area contributed by atoms with Crippen molar-refractivity contribution in [3.8, 4) is 0 Å². The zero-order valence-electron chi connectivity index (χ0n) is 15.7. The molecular formula is C22H25NO4. The van der Waals surface area contributed by atoms with Gasteiger partial charge < -0.3 is 14.8 Å². The first-order valence-electron chi connectivity index (χ1n) is 8.71. The van der Waals surface area contributed by atoms with Gasteiger partial charge in [-0.05, 0) is 18.1 Å². The van der Waals surface area contributed by atoms with Crippen LogP contribution in [0.4, 0.5) is 4.79 Å². The van der Waals surface area contributed by atoms with E-state index in [-0.39, 0.29) is 19.4 Å². The molecule has 5 heteroatoms. The highest BCUT2D eigenvalue weighted by molar-refractivity contribution is 5.86. The van der Waals surface area contributed by atoms with Gasteiger partial charge in [0.1, 0.15) is 12.1 Å². The summed E-state index contributed by atoms with van der Waals surface area (Å²) in [4.78, 5) is 25.1. The number of esters is 1. The summed E-state index contributed by atoms with van der Waals surface area (Å²) in [6, 6.07) is 18.8. The molecule has 0 aromatic heterocycles. The third-order valence-electron chi connectivity index (χ3n) is 4.08. The fourth-order valence-corrected chi connectivity index (χ4v) is 2.96. The van der Waals surface area contributed by atoms with Crippen molar-refractivity contribution in [1.29, 1.82) is 0 Å². The van der Waals surface area contributed by atoms with E-state index in [0.717, 1.165) is 16.7 Å². The van der Waals surface area contributed by atoms with E-state index in [9.17, 15) is 9.59 Å². The Bertz CT molecular complexity index is 773. The lowest BCUT2D eigenvalue weighted by Crippen LogP contribution is -2.57. The van der Waals surface area contributed by atoms with Crippen LogP contribution < -0.4 is 5.32 Å². The second-order valence-electron chi connectivity index (χ2n) is 6.56.